The fourth-order valence-corrected chi connectivity index (χ4v) is 9.75. The van der Waals surface area contributed by atoms with Gasteiger partial charge in [-0.25, -0.2) is 9.97 Å². The van der Waals surface area contributed by atoms with E-state index in [1.165, 1.54) is 41.7 Å². The summed E-state index contributed by atoms with van der Waals surface area (Å²) in [7, 11) is 0. The quantitative estimate of drug-likeness (QED) is 0.182. The van der Waals surface area contributed by atoms with Gasteiger partial charge in [-0.3, -0.25) is 9.13 Å². The van der Waals surface area contributed by atoms with E-state index in [0.717, 1.165) is 67.0 Å². The molecule has 0 N–H and O–H groups in total. The zero-order valence-electron chi connectivity index (χ0n) is 29.5. The highest BCUT2D eigenvalue weighted by atomic mass is 32.1. The molecule has 5 heterocycles. The molecule has 0 spiro atoms. The van der Waals surface area contributed by atoms with E-state index < -0.39 is 0 Å². The summed E-state index contributed by atoms with van der Waals surface area (Å²) in [5, 5.41) is 9.64. The molecule has 0 bridgehead atoms. The average molecular weight is 719 g/mol. The monoisotopic (exact) mass is 718 g/mol. The van der Waals surface area contributed by atoms with Crippen molar-refractivity contribution in [2.75, 3.05) is 0 Å². The van der Waals surface area contributed by atoms with Crippen LogP contribution >= 0.6 is 11.3 Å². The number of fused-ring (bicyclic) bond motifs is 10. The minimum atomic E-state index is 0.886. The van der Waals surface area contributed by atoms with E-state index in [-0.39, 0.29) is 0 Å². The smallest absolute Gasteiger partial charge is 0.146 e. The molecule has 0 radical (unpaired) electrons. The summed E-state index contributed by atoms with van der Waals surface area (Å²) in [6, 6.07) is 65.2. The van der Waals surface area contributed by atoms with E-state index >= 15 is 0 Å². The van der Waals surface area contributed by atoms with Crippen LogP contribution in [0, 0.1) is 0 Å². The molecule has 0 saturated carbocycles. The number of thiophene rings is 1. The Kier molecular flexibility index (Phi) is 6.47. The van der Waals surface area contributed by atoms with Gasteiger partial charge in [0.25, 0.3) is 0 Å². The second kappa shape index (κ2) is 11.7. The van der Waals surface area contributed by atoms with Crippen LogP contribution in [0.15, 0.2) is 182 Å². The standard InChI is InChI=1S/C50H30N4S/c1-2-13-31(14-3-1)41-20-12-24-49(51-41)53-43-21-9-6-17-35(43)39-29-40-36-18-7-10-22-44(36)54(46(40)30-45(39)53)50-34-16-5-4-15-32(34)27-42(52-50)33-25-26-38-37-19-8-11-23-47(37)55-48(38)28-33/h1-30H. The SMILES string of the molecule is c1ccc(-c2cccc(-n3c4ccccc4c4cc5c6ccccc6n(-c6nc(-c7ccc8c(c7)sc7ccccc78)cc7ccccc67)c5cc43)n2)cc1. The normalized spacial score (nSPS) is 12.0. The highest BCUT2D eigenvalue weighted by molar-refractivity contribution is 7.25. The molecular weight excluding hydrogens is 689 g/mol. The number of hydrogen-bond donors (Lipinski definition) is 0. The van der Waals surface area contributed by atoms with Crippen molar-refractivity contribution in [2.45, 2.75) is 0 Å². The first-order valence-corrected chi connectivity index (χ1v) is 19.4. The molecule has 0 unspecified atom stereocenters. The van der Waals surface area contributed by atoms with Gasteiger partial charge in [0.2, 0.25) is 0 Å². The maximum Gasteiger partial charge on any atom is 0.146 e. The van der Waals surface area contributed by atoms with Gasteiger partial charge in [0.05, 0.1) is 33.5 Å². The second-order valence-electron chi connectivity index (χ2n) is 14.2. The summed E-state index contributed by atoms with van der Waals surface area (Å²) in [5.74, 6) is 1.80. The summed E-state index contributed by atoms with van der Waals surface area (Å²) in [4.78, 5) is 10.8. The Morgan fingerprint density at radius 3 is 1.82 bits per heavy atom. The molecule has 4 nitrogen and oxygen atoms in total. The zero-order chi connectivity index (χ0) is 36.0. The number of hydrogen-bond acceptors (Lipinski definition) is 3. The minimum Gasteiger partial charge on any atom is -0.294 e. The largest absolute Gasteiger partial charge is 0.294 e. The Morgan fingerprint density at radius 1 is 0.345 bits per heavy atom. The van der Waals surface area contributed by atoms with Gasteiger partial charge in [0, 0.05) is 58.2 Å². The molecule has 5 aromatic heterocycles. The van der Waals surface area contributed by atoms with E-state index in [1.807, 2.05) is 17.4 Å². The molecule has 0 aliphatic heterocycles. The van der Waals surface area contributed by atoms with Crippen LogP contribution in [0.5, 0.6) is 0 Å². The fourth-order valence-electron chi connectivity index (χ4n) is 8.61. The van der Waals surface area contributed by atoms with Crippen LogP contribution in [0.2, 0.25) is 0 Å². The molecule has 0 aliphatic rings. The third-order valence-corrected chi connectivity index (χ3v) is 12.2. The molecule has 12 rings (SSSR count). The third-order valence-electron chi connectivity index (χ3n) is 11.1. The molecule has 7 aromatic carbocycles. The molecule has 5 heteroatoms. The number of rotatable bonds is 4. The van der Waals surface area contributed by atoms with Gasteiger partial charge in [-0.05, 0) is 60.0 Å². The Morgan fingerprint density at radius 2 is 1.00 bits per heavy atom. The third kappa shape index (κ3) is 4.57. The molecule has 55 heavy (non-hydrogen) atoms. The van der Waals surface area contributed by atoms with Crippen molar-refractivity contribution in [3.05, 3.63) is 182 Å². The number of benzene rings is 7. The highest BCUT2D eigenvalue weighted by Crippen LogP contribution is 2.42. The lowest BCUT2D eigenvalue weighted by atomic mass is 10.0. The van der Waals surface area contributed by atoms with Gasteiger partial charge < -0.3 is 0 Å². The molecule has 12 aromatic rings. The van der Waals surface area contributed by atoms with Crippen molar-refractivity contribution in [2.24, 2.45) is 0 Å². The first-order valence-electron chi connectivity index (χ1n) is 18.6. The van der Waals surface area contributed by atoms with Crippen LogP contribution in [-0.4, -0.2) is 19.1 Å². The molecule has 0 saturated heterocycles. The fraction of sp³-hybridized carbons (Fsp3) is 0. The molecule has 0 atom stereocenters. The Labute approximate surface area is 319 Å². The van der Waals surface area contributed by atoms with E-state index in [9.17, 15) is 0 Å². The Bertz CT molecular complexity index is 3500. The van der Waals surface area contributed by atoms with Gasteiger partial charge in [-0.2, -0.15) is 0 Å². The zero-order valence-corrected chi connectivity index (χ0v) is 30.3. The Hall–Kier alpha value is -7.08. The molecule has 256 valence electrons. The maximum atomic E-state index is 5.57. The van der Waals surface area contributed by atoms with Crippen molar-refractivity contribution < 1.29 is 0 Å². The van der Waals surface area contributed by atoms with Crippen LogP contribution < -0.4 is 0 Å². The summed E-state index contributed by atoms with van der Waals surface area (Å²) < 4.78 is 7.27. The van der Waals surface area contributed by atoms with Crippen molar-refractivity contribution in [1.82, 2.24) is 19.1 Å². The Balaban J connectivity index is 1.15. The lowest BCUT2D eigenvalue weighted by Crippen LogP contribution is -2.01. The van der Waals surface area contributed by atoms with Gasteiger partial charge in [-0.1, -0.05) is 127 Å². The lowest BCUT2D eigenvalue weighted by molar-refractivity contribution is 1.08. The van der Waals surface area contributed by atoms with Gasteiger partial charge in [0.15, 0.2) is 0 Å². The topological polar surface area (TPSA) is 35.6 Å². The molecular formula is C50H30N4S. The van der Waals surface area contributed by atoms with E-state index in [2.05, 4.69) is 185 Å². The first-order chi connectivity index (χ1) is 27.3. The summed E-state index contributed by atoms with van der Waals surface area (Å²) in [5.41, 5.74) is 8.56. The van der Waals surface area contributed by atoms with Crippen LogP contribution in [0.25, 0.3) is 109 Å². The molecule has 0 fully saturated rings. The van der Waals surface area contributed by atoms with Crippen LogP contribution in [-0.2, 0) is 0 Å². The number of para-hydroxylation sites is 2. The van der Waals surface area contributed by atoms with Crippen molar-refractivity contribution in [3.63, 3.8) is 0 Å². The van der Waals surface area contributed by atoms with Crippen molar-refractivity contribution >= 4 is 85.9 Å². The maximum absolute atomic E-state index is 5.57. The van der Waals surface area contributed by atoms with E-state index in [0.29, 0.717) is 0 Å². The summed E-state index contributed by atoms with van der Waals surface area (Å²) in [6.07, 6.45) is 0. The average Bonchev–Trinajstić information content (AvgIpc) is 3.90. The number of aromatic nitrogens is 4. The predicted molar refractivity (Wildman–Crippen MR) is 232 cm³/mol. The van der Waals surface area contributed by atoms with Crippen LogP contribution in [0.4, 0.5) is 0 Å². The van der Waals surface area contributed by atoms with E-state index in [1.54, 1.807) is 0 Å². The van der Waals surface area contributed by atoms with Gasteiger partial charge >= 0.3 is 0 Å². The molecule has 0 aliphatic carbocycles. The summed E-state index contributed by atoms with van der Waals surface area (Å²) >= 11 is 1.84. The molecule has 0 amide bonds. The highest BCUT2D eigenvalue weighted by Gasteiger charge is 2.21. The first kappa shape index (κ1) is 30.4. The van der Waals surface area contributed by atoms with E-state index in [4.69, 9.17) is 9.97 Å². The van der Waals surface area contributed by atoms with Gasteiger partial charge in [0.1, 0.15) is 11.6 Å². The lowest BCUT2D eigenvalue weighted by Gasteiger charge is -2.14. The number of pyridine rings is 2. The second-order valence-corrected chi connectivity index (χ2v) is 15.3. The predicted octanol–water partition coefficient (Wildman–Crippen LogP) is 13.5. The summed E-state index contributed by atoms with van der Waals surface area (Å²) in [6.45, 7) is 0. The van der Waals surface area contributed by atoms with Gasteiger partial charge in [-0.15, -0.1) is 11.3 Å². The number of nitrogens with zero attached hydrogens (tertiary/aromatic N) is 4. The van der Waals surface area contributed by atoms with Crippen LogP contribution in [0.3, 0.4) is 0 Å². The minimum absolute atomic E-state index is 0.886. The van der Waals surface area contributed by atoms with Crippen LogP contribution in [0.1, 0.15) is 0 Å². The van der Waals surface area contributed by atoms with Crippen molar-refractivity contribution in [3.8, 4) is 34.2 Å². The van der Waals surface area contributed by atoms with Crippen molar-refractivity contribution in [1.29, 1.82) is 0 Å².